The minimum absolute atomic E-state index is 0.432. The quantitative estimate of drug-likeness (QED) is 0.689. The molecule has 0 aliphatic carbocycles. The summed E-state index contributed by atoms with van der Waals surface area (Å²) < 4.78 is 16.1. The fourth-order valence-corrected chi connectivity index (χ4v) is 3.03. The first-order valence-electron chi connectivity index (χ1n) is 7.50. The van der Waals surface area contributed by atoms with Crippen molar-refractivity contribution in [2.75, 3.05) is 21.3 Å². The summed E-state index contributed by atoms with van der Waals surface area (Å²) in [7, 11) is 4.49. The monoisotopic (exact) mass is 346 g/mol. The molecule has 126 valence electrons. The Balaban J connectivity index is 2.10. The molecule has 1 N–H and O–H groups in total. The SMILES string of the molecule is COC(OC)(OC)c1nc2c(Cc3ccccc3)cc(Cl)cc2[nH]1. The highest BCUT2D eigenvalue weighted by molar-refractivity contribution is 6.31. The van der Waals surface area contributed by atoms with Gasteiger partial charge in [0.2, 0.25) is 0 Å². The Morgan fingerprint density at radius 2 is 1.71 bits per heavy atom. The third-order valence-electron chi connectivity index (χ3n) is 3.96. The second kappa shape index (κ2) is 6.91. The number of imidazole rings is 1. The summed E-state index contributed by atoms with van der Waals surface area (Å²) in [5.74, 6) is -0.947. The topological polar surface area (TPSA) is 56.4 Å². The van der Waals surface area contributed by atoms with Crippen LogP contribution in [0.2, 0.25) is 5.02 Å². The summed E-state index contributed by atoms with van der Waals surface area (Å²) in [5, 5.41) is 0.640. The smallest absolute Gasteiger partial charge is 0.335 e. The van der Waals surface area contributed by atoms with E-state index in [1.165, 1.54) is 26.9 Å². The van der Waals surface area contributed by atoms with E-state index in [1.807, 2.05) is 30.3 Å². The summed E-state index contributed by atoms with van der Waals surface area (Å²) in [6.07, 6.45) is 0.724. The zero-order chi connectivity index (χ0) is 17.2. The van der Waals surface area contributed by atoms with Crippen molar-refractivity contribution in [3.8, 4) is 0 Å². The summed E-state index contributed by atoms with van der Waals surface area (Å²) >= 11 is 6.27. The molecule has 5 nitrogen and oxygen atoms in total. The number of aromatic amines is 1. The number of fused-ring (bicyclic) bond motifs is 1. The molecule has 2 aromatic carbocycles. The summed E-state index contributed by atoms with van der Waals surface area (Å²) in [5.41, 5.74) is 3.82. The van der Waals surface area contributed by atoms with Gasteiger partial charge >= 0.3 is 5.97 Å². The van der Waals surface area contributed by atoms with E-state index in [0.717, 1.165) is 23.0 Å². The van der Waals surface area contributed by atoms with Crippen LogP contribution >= 0.6 is 11.6 Å². The highest BCUT2D eigenvalue weighted by Gasteiger charge is 2.36. The van der Waals surface area contributed by atoms with Crippen molar-refractivity contribution in [3.05, 3.63) is 64.4 Å². The lowest BCUT2D eigenvalue weighted by Gasteiger charge is -2.25. The van der Waals surface area contributed by atoms with E-state index in [4.69, 9.17) is 25.8 Å². The summed E-state index contributed by atoms with van der Waals surface area (Å²) in [6.45, 7) is 0. The number of nitrogens with one attached hydrogen (secondary N) is 1. The normalized spacial score (nSPS) is 12.0. The van der Waals surface area contributed by atoms with E-state index in [0.29, 0.717) is 10.8 Å². The molecule has 3 rings (SSSR count). The van der Waals surface area contributed by atoms with Crippen molar-refractivity contribution in [2.24, 2.45) is 0 Å². The average molecular weight is 347 g/mol. The molecule has 0 unspecified atom stereocenters. The predicted molar refractivity (Wildman–Crippen MR) is 93.1 cm³/mol. The maximum Gasteiger partial charge on any atom is 0.345 e. The van der Waals surface area contributed by atoms with Gasteiger partial charge in [-0.2, -0.15) is 0 Å². The lowest BCUT2D eigenvalue weighted by atomic mass is 10.0. The van der Waals surface area contributed by atoms with Gasteiger partial charge in [0.25, 0.3) is 0 Å². The molecule has 1 aromatic heterocycles. The fraction of sp³-hybridized carbons (Fsp3) is 0.278. The van der Waals surface area contributed by atoms with Gasteiger partial charge in [-0.1, -0.05) is 41.9 Å². The van der Waals surface area contributed by atoms with E-state index >= 15 is 0 Å². The Labute approximate surface area is 145 Å². The Bertz CT molecular complexity index is 821. The van der Waals surface area contributed by atoms with Gasteiger partial charge in [0.05, 0.1) is 11.0 Å². The first kappa shape index (κ1) is 16.9. The van der Waals surface area contributed by atoms with Crippen molar-refractivity contribution >= 4 is 22.6 Å². The number of rotatable bonds is 6. The van der Waals surface area contributed by atoms with E-state index in [2.05, 4.69) is 22.1 Å². The van der Waals surface area contributed by atoms with E-state index in [-0.39, 0.29) is 0 Å². The molecule has 1 heterocycles. The number of hydrogen-bond donors (Lipinski definition) is 1. The molecular formula is C18H19ClN2O3. The maximum atomic E-state index is 6.27. The number of benzene rings is 2. The number of ether oxygens (including phenoxy) is 3. The van der Waals surface area contributed by atoms with Crippen LogP contribution < -0.4 is 0 Å². The van der Waals surface area contributed by atoms with Crippen LogP contribution in [0.4, 0.5) is 0 Å². The third-order valence-corrected chi connectivity index (χ3v) is 4.18. The lowest BCUT2D eigenvalue weighted by Crippen LogP contribution is -2.34. The molecule has 3 aromatic rings. The molecule has 0 spiro atoms. The van der Waals surface area contributed by atoms with E-state index in [1.54, 1.807) is 0 Å². The van der Waals surface area contributed by atoms with Crippen molar-refractivity contribution in [1.29, 1.82) is 0 Å². The van der Waals surface area contributed by atoms with Gasteiger partial charge in [-0.3, -0.25) is 0 Å². The zero-order valence-electron chi connectivity index (χ0n) is 13.8. The fourth-order valence-electron chi connectivity index (χ4n) is 2.79. The van der Waals surface area contributed by atoms with Gasteiger partial charge in [-0.05, 0) is 29.7 Å². The molecule has 0 saturated carbocycles. The minimum atomic E-state index is -1.38. The predicted octanol–water partition coefficient (Wildman–Crippen LogP) is 3.86. The highest BCUT2D eigenvalue weighted by atomic mass is 35.5. The van der Waals surface area contributed by atoms with Crippen LogP contribution in [-0.2, 0) is 26.6 Å². The number of H-pyrrole nitrogens is 1. The average Bonchev–Trinajstić information content (AvgIpc) is 3.02. The molecule has 0 aliphatic heterocycles. The summed E-state index contributed by atoms with van der Waals surface area (Å²) in [4.78, 5) is 7.83. The van der Waals surface area contributed by atoms with Crippen LogP contribution in [0.5, 0.6) is 0 Å². The second-order valence-corrected chi connectivity index (χ2v) is 5.81. The van der Waals surface area contributed by atoms with Gasteiger partial charge in [-0.15, -0.1) is 0 Å². The van der Waals surface area contributed by atoms with Crippen LogP contribution in [0, 0.1) is 0 Å². The lowest BCUT2D eigenvalue weighted by molar-refractivity contribution is -0.368. The molecule has 0 amide bonds. The molecule has 0 fully saturated rings. The molecule has 0 bridgehead atoms. The summed E-state index contributed by atoms with van der Waals surface area (Å²) in [6, 6.07) is 13.9. The minimum Gasteiger partial charge on any atom is -0.335 e. The molecule has 6 heteroatoms. The molecular weight excluding hydrogens is 328 g/mol. The number of methoxy groups -OCH3 is 3. The van der Waals surface area contributed by atoms with Crippen LogP contribution in [0.1, 0.15) is 17.0 Å². The molecule has 0 saturated heterocycles. The van der Waals surface area contributed by atoms with Crippen molar-refractivity contribution in [1.82, 2.24) is 9.97 Å². The highest BCUT2D eigenvalue weighted by Crippen LogP contribution is 2.30. The van der Waals surface area contributed by atoms with Gasteiger partial charge in [0, 0.05) is 26.4 Å². The van der Waals surface area contributed by atoms with Gasteiger partial charge in [-0.25, -0.2) is 4.98 Å². The number of nitrogens with zero attached hydrogens (tertiary/aromatic N) is 1. The maximum absolute atomic E-state index is 6.27. The van der Waals surface area contributed by atoms with Crippen molar-refractivity contribution in [3.63, 3.8) is 0 Å². The first-order chi connectivity index (χ1) is 11.6. The van der Waals surface area contributed by atoms with Crippen LogP contribution in [0.3, 0.4) is 0 Å². The number of aromatic nitrogens is 2. The Morgan fingerprint density at radius 3 is 2.33 bits per heavy atom. The van der Waals surface area contributed by atoms with Crippen molar-refractivity contribution < 1.29 is 14.2 Å². The molecule has 0 atom stereocenters. The van der Waals surface area contributed by atoms with Crippen LogP contribution in [0.25, 0.3) is 11.0 Å². The molecule has 0 radical (unpaired) electrons. The van der Waals surface area contributed by atoms with E-state index in [9.17, 15) is 0 Å². The van der Waals surface area contributed by atoms with Gasteiger partial charge in [0.15, 0.2) is 5.82 Å². The Morgan fingerprint density at radius 1 is 1.04 bits per heavy atom. The molecule has 0 aliphatic rings. The van der Waals surface area contributed by atoms with Crippen LogP contribution in [0.15, 0.2) is 42.5 Å². The number of hydrogen-bond acceptors (Lipinski definition) is 4. The molecule has 24 heavy (non-hydrogen) atoms. The Kier molecular flexibility index (Phi) is 4.87. The van der Waals surface area contributed by atoms with E-state index < -0.39 is 5.97 Å². The van der Waals surface area contributed by atoms with Crippen molar-refractivity contribution in [2.45, 2.75) is 12.4 Å². The third kappa shape index (κ3) is 3.03. The van der Waals surface area contributed by atoms with Gasteiger partial charge < -0.3 is 19.2 Å². The van der Waals surface area contributed by atoms with Gasteiger partial charge in [0.1, 0.15) is 0 Å². The largest absolute Gasteiger partial charge is 0.345 e. The zero-order valence-corrected chi connectivity index (χ0v) is 14.6. The standard InChI is InChI=1S/C18H19ClN2O3/c1-22-18(23-2,24-3)17-20-15-11-14(19)10-13(16(15)21-17)9-12-7-5-4-6-8-12/h4-8,10-11H,9H2,1-3H3,(H,20,21). The number of halogens is 1. The first-order valence-corrected chi connectivity index (χ1v) is 7.87. The second-order valence-electron chi connectivity index (χ2n) is 5.38. The van der Waals surface area contributed by atoms with Crippen LogP contribution in [-0.4, -0.2) is 31.3 Å². The Hall–Kier alpha value is -1.92.